The number of anilines is 1. The topological polar surface area (TPSA) is 35.5 Å². The van der Waals surface area contributed by atoms with Crippen molar-refractivity contribution in [1.29, 1.82) is 0 Å². The molecule has 0 saturated carbocycles. The molecule has 37 heavy (non-hydrogen) atoms. The Kier molecular flexibility index (Phi) is 7.00. The maximum atomic E-state index is 12.5. The molecule has 6 heteroatoms. The molecule has 0 bridgehead atoms. The van der Waals surface area contributed by atoms with E-state index in [2.05, 4.69) is 35.3 Å². The van der Waals surface area contributed by atoms with Crippen LogP contribution < -0.4 is 10.2 Å². The summed E-state index contributed by atoms with van der Waals surface area (Å²) in [7, 11) is 0. The SMILES string of the molecule is CC(CCC12CCNCC1c1cccc3c1N2CCCS3)C(O)(c1ccc(Cl)cc1)c1ccc(Cl)cc1. The van der Waals surface area contributed by atoms with Crippen LogP contribution in [0.5, 0.6) is 0 Å². The third kappa shape index (κ3) is 4.30. The van der Waals surface area contributed by atoms with Gasteiger partial charge < -0.3 is 15.3 Å². The lowest BCUT2D eigenvalue weighted by atomic mass is 9.69. The molecule has 3 heterocycles. The zero-order chi connectivity index (χ0) is 25.6. The summed E-state index contributed by atoms with van der Waals surface area (Å²) in [5.41, 5.74) is 3.68. The van der Waals surface area contributed by atoms with Crippen LogP contribution in [0, 0.1) is 5.92 Å². The van der Waals surface area contributed by atoms with E-state index in [4.69, 9.17) is 23.2 Å². The van der Waals surface area contributed by atoms with Crippen LogP contribution in [0.25, 0.3) is 0 Å². The summed E-state index contributed by atoms with van der Waals surface area (Å²) in [6.07, 6.45) is 4.28. The highest BCUT2D eigenvalue weighted by Gasteiger charge is 2.53. The van der Waals surface area contributed by atoms with E-state index < -0.39 is 5.60 Å². The lowest BCUT2D eigenvalue weighted by Crippen LogP contribution is -2.56. The van der Waals surface area contributed by atoms with Crippen molar-refractivity contribution in [2.24, 2.45) is 5.92 Å². The Hall–Kier alpha value is -1.69. The molecule has 3 aliphatic rings. The number of hydrogen-bond donors (Lipinski definition) is 2. The van der Waals surface area contributed by atoms with E-state index in [0.29, 0.717) is 16.0 Å². The van der Waals surface area contributed by atoms with E-state index in [-0.39, 0.29) is 11.5 Å². The maximum absolute atomic E-state index is 12.5. The van der Waals surface area contributed by atoms with E-state index in [0.717, 1.165) is 50.0 Å². The van der Waals surface area contributed by atoms with Gasteiger partial charge in [0.2, 0.25) is 0 Å². The van der Waals surface area contributed by atoms with Crippen LogP contribution in [0.2, 0.25) is 10.0 Å². The highest BCUT2D eigenvalue weighted by atomic mass is 35.5. The second kappa shape index (κ2) is 10.1. The molecule has 0 spiro atoms. The first-order valence-electron chi connectivity index (χ1n) is 13.4. The average molecular weight is 554 g/mol. The predicted octanol–water partition coefficient (Wildman–Crippen LogP) is 7.48. The minimum atomic E-state index is -1.14. The van der Waals surface area contributed by atoms with Gasteiger partial charge in [-0.05, 0) is 90.9 Å². The molecule has 3 unspecified atom stereocenters. The monoisotopic (exact) mass is 552 g/mol. The lowest BCUT2D eigenvalue weighted by molar-refractivity contribution is 0.0154. The van der Waals surface area contributed by atoms with Crippen molar-refractivity contribution >= 4 is 40.7 Å². The fraction of sp³-hybridized carbons (Fsp3) is 0.419. The van der Waals surface area contributed by atoms with Crippen molar-refractivity contribution in [2.45, 2.75) is 54.6 Å². The van der Waals surface area contributed by atoms with Crippen LogP contribution in [0.1, 0.15) is 55.2 Å². The quantitative estimate of drug-likeness (QED) is 0.332. The molecule has 3 aromatic carbocycles. The van der Waals surface area contributed by atoms with Crippen molar-refractivity contribution in [3.63, 3.8) is 0 Å². The Morgan fingerprint density at radius 2 is 1.73 bits per heavy atom. The highest BCUT2D eigenvalue weighted by molar-refractivity contribution is 7.99. The predicted molar refractivity (Wildman–Crippen MR) is 156 cm³/mol. The fourth-order valence-corrected chi connectivity index (χ4v) is 8.36. The van der Waals surface area contributed by atoms with Crippen LogP contribution >= 0.6 is 35.0 Å². The van der Waals surface area contributed by atoms with Crippen LogP contribution in [0.15, 0.2) is 71.6 Å². The minimum absolute atomic E-state index is 0.00991. The molecule has 3 nitrogen and oxygen atoms in total. The highest BCUT2D eigenvalue weighted by Crippen LogP contribution is 2.57. The summed E-state index contributed by atoms with van der Waals surface area (Å²) >= 11 is 14.5. The van der Waals surface area contributed by atoms with Crippen molar-refractivity contribution in [3.8, 4) is 0 Å². The van der Waals surface area contributed by atoms with Gasteiger partial charge in [-0.3, -0.25) is 0 Å². The fourth-order valence-electron chi connectivity index (χ4n) is 7.08. The van der Waals surface area contributed by atoms with Gasteiger partial charge in [-0.1, -0.05) is 66.5 Å². The van der Waals surface area contributed by atoms with Gasteiger partial charge in [-0.2, -0.15) is 0 Å². The number of thioether (sulfide) groups is 1. The number of hydrogen-bond acceptors (Lipinski definition) is 4. The molecule has 0 aliphatic carbocycles. The van der Waals surface area contributed by atoms with Gasteiger partial charge >= 0.3 is 0 Å². The molecule has 0 amide bonds. The van der Waals surface area contributed by atoms with Crippen molar-refractivity contribution in [3.05, 3.63) is 93.5 Å². The maximum Gasteiger partial charge on any atom is 0.117 e. The number of nitrogens with one attached hydrogen (secondary N) is 1. The number of benzene rings is 3. The Labute approximate surface area is 234 Å². The smallest absolute Gasteiger partial charge is 0.117 e. The van der Waals surface area contributed by atoms with Gasteiger partial charge in [0.25, 0.3) is 0 Å². The Morgan fingerprint density at radius 1 is 1.05 bits per heavy atom. The van der Waals surface area contributed by atoms with Crippen LogP contribution in [0.3, 0.4) is 0 Å². The van der Waals surface area contributed by atoms with E-state index >= 15 is 0 Å². The number of piperidine rings is 1. The summed E-state index contributed by atoms with van der Waals surface area (Å²) in [4.78, 5) is 4.22. The summed E-state index contributed by atoms with van der Waals surface area (Å²) < 4.78 is 0. The van der Waals surface area contributed by atoms with Gasteiger partial charge in [0.1, 0.15) is 5.60 Å². The van der Waals surface area contributed by atoms with Gasteiger partial charge in [-0.15, -0.1) is 11.8 Å². The van der Waals surface area contributed by atoms with Crippen LogP contribution in [-0.2, 0) is 5.60 Å². The van der Waals surface area contributed by atoms with Crippen LogP contribution in [-0.4, -0.2) is 36.0 Å². The van der Waals surface area contributed by atoms with E-state index in [1.165, 1.54) is 28.3 Å². The van der Waals surface area contributed by atoms with Crippen molar-refractivity contribution in [1.82, 2.24) is 5.32 Å². The Balaban J connectivity index is 1.36. The first-order valence-corrected chi connectivity index (χ1v) is 15.2. The normalized spacial score (nSPS) is 23.8. The van der Waals surface area contributed by atoms with Crippen molar-refractivity contribution in [2.75, 3.05) is 30.3 Å². The summed E-state index contributed by atoms with van der Waals surface area (Å²) in [6.45, 7) is 5.36. The number of nitrogens with zero attached hydrogens (tertiary/aromatic N) is 1. The molecule has 3 aromatic rings. The molecule has 194 valence electrons. The molecule has 3 aliphatic heterocycles. The largest absolute Gasteiger partial charge is 0.380 e. The molecule has 6 rings (SSSR count). The summed E-state index contributed by atoms with van der Waals surface area (Å²) in [5.74, 6) is 1.64. The number of aliphatic hydroxyl groups is 1. The zero-order valence-corrected chi connectivity index (χ0v) is 23.5. The molecule has 2 N–H and O–H groups in total. The number of halogens is 2. The first kappa shape index (κ1) is 25.6. The Bertz CT molecular complexity index is 1220. The van der Waals surface area contributed by atoms with Gasteiger partial charge in [-0.25, -0.2) is 0 Å². The number of para-hydroxylation sites is 1. The molecule has 3 atom stereocenters. The van der Waals surface area contributed by atoms with E-state index in [9.17, 15) is 5.11 Å². The number of fused-ring (bicyclic) bond motifs is 3. The van der Waals surface area contributed by atoms with Crippen molar-refractivity contribution < 1.29 is 5.11 Å². The summed E-state index contributed by atoms with van der Waals surface area (Å²) in [5, 5.41) is 17.5. The third-order valence-electron chi connectivity index (χ3n) is 9.02. The average Bonchev–Trinajstić information content (AvgIpc) is 3.03. The third-order valence-corrected chi connectivity index (χ3v) is 10.7. The molecular formula is C31H34Cl2N2OS. The first-order chi connectivity index (χ1) is 17.9. The Morgan fingerprint density at radius 3 is 2.41 bits per heavy atom. The molecule has 0 radical (unpaired) electrons. The molecule has 1 fully saturated rings. The van der Waals surface area contributed by atoms with Gasteiger partial charge in [0, 0.05) is 39.5 Å². The second-order valence-corrected chi connectivity index (χ2v) is 12.9. The lowest BCUT2D eigenvalue weighted by Gasteiger charge is -2.48. The second-order valence-electron chi connectivity index (χ2n) is 10.9. The molecule has 0 aromatic heterocycles. The number of rotatable bonds is 6. The van der Waals surface area contributed by atoms with Gasteiger partial charge in [0.05, 0.1) is 5.69 Å². The van der Waals surface area contributed by atoms with E-state index in [1.807, 2.05) is 60.3 Å². The van der Waals surface area contributed by atoms with E-state index in [1.54, 1.807) is 0 Å². The van der Waals surface area contributed by atoms with Gasteiger partial charge in [0.15, 0.2) is 0 Å². The molecular weight excluding hydrogens is 519 g/mol. The minimum Gasteiger partial charge on any atom is -0.380 e. The molecule has 1 saturated heterocycles. The summed E-state index contributed by atoms with van der Waals surface area (Å²) in [6, 6.07) is 22.2. The zero-order valence-electron chi connectivity index (χ0n) is 21.2. The van der Waals surface area contributed by atoms with Crippen LogP contribution in [0.4, 0.5) is 5.69 Å². The standard InChI is InChI=1S/C31H34Cl2N2OS/c1-21(31(36,22-6-10-24(32)11-7-22)23-8-12-25(33)13-9-23)14-15-30-16-17-34-20-27(30)26-4-2-5-28-29(26)35(30)18-3-19-37-28/h2,4-13,21,27,34,36H,3,14-20H2,1H3.